The van der Waals surface area contributed by atoms with E-state index in [9.17, 15) is 33.3 Å². The minimum atomic E-state index is -5.67. The molecule has 0 aliphatic carbocycles. The van der Waals surface area contributed by atoms with Crippen LogP contribution in [0.15, 0.2) is 15.8 Å². The summed E-state index contributed by atoms with van der Waals surface area (Å²) >= 11 is 0. The SMILES string of the molecule is Cc1cn([C@@H]2C[C@@H](O)[C@H](COP(=O)(O)OP(=O)(O)OP(=O)(O)O)O2)c(=O)[nH]c1=O. The number of rotatable bonds is 8. The molecule has 0 radical (unpaired) electrons. The van der Waals surface area contributed by atoms with Crippen molar-refractivity contribution in [2.24, 2.45) is 0 Å². The lowest BCUT2D eigenvalue weighted by Gasteiger charge is -2.19. The quantitative estimate of drug-likeness (QED) is 0.239. The topological polar surface area (TPSA) is 244 Å². The number of aliphatic hydroxyl groups is 1. The summed E-state index contributed by atoms with van der Waals surface area (Å²) in [5.74, 6) is 0. The standard InChI is InChI=1S/C10H17N2O14P3/c1-5-3-12(10(15)11-9(5)14)8-2-6(13)7(24-8)4-23-28(19,20)26-29(21,22)25-27(16,17)18/h3,6-8,13H,2,4H2,1H3,(H,19,20)(H,21,22)(H,11,14,15)(H2,16,17,18)/t6-,7+,8+/m1/s1. The highest BCUT2D eigenvalue weighted by Crippen LogP contribution is 2.66. The zero-order valence-corrected chi connectivity index (χ0v) is 17.1. The number of aliphatic hydroxyl groups excluding tert-OH is 1. The van der Waals surface area contributed by atoms with E-state index in [4.69, 9.17) is 19.4 Å². The second kappa shape index (κ2) is 8.63. The average molecular weight is 482 g/mol. The lowest BCUT2D eigenvalue weighted by molar-refractivity contribution is -0.0450. The van der Waals surface area contributed by atoms with Crippen LogP contribution in [0.5, 0.6) is 0 Å². The van der Waals surface area contributed by atoms with E-state index >= 15 is 0 Å². The minimum absolute atomic E-state index is 0.171. The zero-order chi connectivity index (χ0) is 22.2. The molecule has 1 aromatic heterocycles. The monoisotopic (exact) mass is 482 g/mol. The molecule has 1 aromatic rings. The molecule has 0 amide bonds. The summed E-state index contributed by atoms with van der Waals surface area (Å²) in [7, 11) is -16.6. The predicted octanol–water partition coefficient (Wildman–Crippen LogP) is -1.16. The molecule has 166 valence electrons. The van der Waals surface area contributed by atoms with Gasteiger partial charge in [-0.2, -0.15) is 8.62 Å². The molecule has 0 saturated carbocycles. The molecule has 1 aliphatic heterocycles. The molecular weight excluding hydrogens is 465 g/mol. The maximum atomic E-state index is 11.9. The minimum Gasteiger partial charge on any atom is -0.390 e. The fraction of sp³-hybridized carbons (Fsp3) is 0.600. The van der Waals surface area contributed by atoms with Crippen molar-refractivity contribution in [1.82, 2.24) is 9.55 Å². The Bertz CT molecular complexity index is 1010. The average Bonchev–Trinajstić information content (AvgIpc) is 2.86. The summed E-state index contributed by atoms with van der Waals surface area (Å²) in [4.78, 5) is 60.6. The van der Waals surface area contributed by atoms with Crippen molar-refractivity contribution in [2.45, 2.75) is 31.8 Å². The molecule has 2 unspecified atom stereocenters. The Morgan fingerprint density at radius 2 is 1.79 bits per heavy atom. The molecule has 0 aromatic carbocycles. The van der Waals surface area contributed by atoms with E-state index in [0.717, 1.165) is 4.57 Å². The lowest BCUT2D eigenvalue weighted by atomic mass is 10.2. The van der Waals surface area contributed by atoms with Gasteiger partial charge in [-0.3, -0.25) is 18.9 Å². The number of nitrogens with one attached hydrogen (secondary N) is 1. The number of aromatic amines is 1. The summed E-state index contributed by atoms with van der Waals surface area (Å²) < 4.78 is 51.3. The Kier molecular flexibility index (Phi) is 7.23. The van der Waals surface area contributed by atoms with Gasteiger partial charge in [-0.1, -0.05) is 0 Å². The summed E-state index contributed by atoms with van der Waals surface area (Å²) in [6.07, 6.45) is -2.67. The van der Waals surface area contributed by atoms with Gasteiger partial charge >= 0.3 is 29.2 Å². The van der Waals surface area contributed by atoms with Crippen LogP contribution in [0.3, 0.4) is 0 Å². The highest BCUT2D eigenvalue weighted by molar-refractivity contribution is 7.66. The van der Waals surface area contributed by atoms with Crippen LogP contribution in [-0.2, 0) is 31.6 Å². The number of ether oxygens (including phenoxy) is 1. The van der Waals surface area contributed by atoms with Crippen molar-refractivity contribution < 1.29 is 56.3 Å². The third-order valence-electron chi connectivity index (χ3n) is 3.48. The highest BCUT2D eigenvalue weighted by Gasteiger charge is 2.42. The Morgan fingerprint density at radius 3 is 2.38 bits per heavy atom. The third kappa shape index (κ3) is 7.03. The molecule has 1 aliphatic rings. The number of phosphoric ester groups is 1. The molecule has 6 N–H and O–H groups in total. The van der Waals surface area contributed by atoms with Gasteiger partial charge in [-0.05, 0) is 6.92 Å². The second-order valence-electron chi connectivity index (χ2n) is 5.80. The van der Waals surface area contributed by atoms with Crippen LogP contribution in [0.25, 0.3) is 0 Å². The van der Waals surface area contributed by atoms with Crippen LogP contribution in [0.2, 0.25) is 0 Å². The van der Waals surface area contributed by atoms with Gasteiger partial charge in [0.15, 0.2) is 0 Å². The largest absolute Gasteiger partial charge is 0.490 e. The maximum absolute atomic E-state index is 11.9. The smallest absolute Gasteiger partial charge is 0.390 e. The van der Waals surface area contributed by atoms with E-state index in [1.54, 1.807) is 0 Å². The number of nitrogens with zero attached hydrogens (tertiary/aromatic N) is 1. The van der Waals surface area contributed by atoms with Gasteiger partial charge in [-0.15, -0.1) is 0 Å². The normalized spacial score (nSPS) is 26.8. The molecule has 2 heterocycles. The van der Waals surface area contributed by atoms with E-state index in [1.165, 1.54) is 13.1 Å². The van der Waals surface area contributed by atoms with E-state index < -0.39 is 59.8 Å². The Morgan fingerprint density at radius 1 is 1.17 bits per heavy atom. The number of H-pyrrole nitrogens is 1. The number of aryl methyl sites for hydroxylation is 1. The molecule has 29 heavy (non-hydrogen) atoms. The fourth-order valence-electron chi connectivity index (χ4n) is 2.31. The maximum Gasteiger partial charge on any atom is 0.490 e. The first-order chi connectivity index (χ1) is 13.1. The Labute approximate surface area is 161 Å². The van der Waals surface area contributed by atoms with Gasteiger partial charge in [0.05, 0.1) is 12.7 Å². The molecular formula is C10H17N2O14P3. The summed E-state index contributed by atoms with van der Waals surface area (Å²) in [5.41, 5.74) is -1.26. The zero-order valence-electron chi connectivity index (χ0n) is 14.4. The van der Waals surface area contributed by atoms with E-state index in [1.807, 2.05) is 4.98 Å². The number of hydrogen-bond acceptors (Lipinski definition) is 10. The molecule has 2 rings (SSSR count). The Balaban J connectivity index is 2.03. The van der Waals surface area contributed by atoms with E-state index in [-0.39, 0.29) is 12.0 Å². The van der Waals surface area contributed by atoms with Crippen LogP contribution in [-0.4, -0.2) is 53.0 Å². The first-order valence-corrected chi connectivity index (χ1v) is 12.0. The fourth-order valence-corrected chi connectivity index (χ4v) is 5.34. The molecule has 1 saturated heterocycles. The molecule has 16 nitrogen and oxygen atoms in total. The number of phosphoric acid groups is 3. The molecule has 19 heteroatoms. The van der Waals surface area contributed by atoms with Gasteiger partial charge in [0.1, 0.15) is 12.3 Å². The van der Waals surface area contributed by atoms with Crippen molar-refractivity contribution in [1.29, 1.82) is 0 Å². The third-order valence-corrected chi connectivity index (χ3v) is 7.28. The molecule has 0 bridgehead atoms. The summed E-state index contributed by atoms with van der Waals surface area (Å²) in [5, 5.41) is 9.98. The summed E-state index contributed by atoms with van der Waals surface area (Å²) in [6, 6.07) is 0. The van der Waals surface area contributed by atoms with E-state index in [0.29, 0.717) is 0 Å². The van der Waals surface area contributed by atoms with Gasteiger partial charge < -0.3 is 29.4 Å². The Hall–Kier alpha value is -0.990. The first kappa shape index (κ1) is 24.3. The number of hydrogen-bond donors (Lipinski definition) is 6. The summed E-state index contributed by atoms with van der Waals surface area (Å²) in [6.45, 7) is 0.547. The van der Waals surface area contributed by atoms with Crippen LogP contribution < -0.4 is 11.2 Å². The van der Waals surface area contributed by atoms with Crippen molar-refractivity contribution in [2.75, 3.05) is 6.61 Å². The first-order valence-electron chi connectivity index (χ1n) is 7.52. The van der Waals surface area contributed by atoms with Crippen LogP contribution in [0.1, 0.15) is 18.2 Å². The van der Waals surface area contributed by atoms with E-state index in [2.05, 4.69) is 13.1 Å². The van der Waals surface area contributed by atoms with Crippen molar-refractivity contribution in [3.63, 3.8) is 0 Å². The molecule has 5 atom stereocenters. The van der Waals surface area contributed by atoms with Crippen LogP contribution >= 0.6 is 23.5 Å². The van der Waals surface area contributed by atoms with Crippen molar-refractivity contribution >= 4 is 23.5 Å². The highest BCUT2D eigenvalue weighted by atomic mass is 31.3. The molecule has 1 fully saturated rings. The lowest BCUT2D eigenvalue weighted by Crippen LogP contribution is -2.33. The predicted molar refractivity (Wildman–Crippen MR) is 90.4 cm³/mol. The number of aromatic nitrogens is 2. The van der Waals surface area contributed by atoms with Crippen LogP contribution in [0, 0.1) is 6.92 Å². The second-order valence-corrected chi connectivity index (χ2v) is 10.2. The van der Waals surface area contributed by atoms with Gasteiger partial charge in [0.2, 0.25) is 0 Å². The van der Waals surface area contributed by atoms with Crippen molar-refractivity contribution in [3.05, 3.63) is 32.6 Å². The van der Waals surface area contributed by atoms with Crippen LogP contribution in [0.4, 0.5) is 0 Å². The van der Waals surface area contributed by atoms with Gasteiger partial charge in [0, 0.05) is 18.2 Å². The van der Waals surface area contributed by atoms with Gasteiger partial charge in [-0.25, -0.2) is 18.5 Å². The molecule has 0 spiro atoms. The van der Waals surface area contributed by atoms with Crippen molar-refractivity contribution in [3.8, 4) is 0 Å². The van der Waals surface area contributed by atoms with Gasteiger partial charge in [0.25, 0.3) is 5.56 Å².